The lowest BCUT2D eigenvalue weighted by atomic mass is 10.0. The molecule has 0 bridgehead atoms. The van der Waals surface area contributed by atoms with Gasteiger partial charge in [0.15, 0.2) is 5.69 Å². The second-order valence-electron chi connectivity index (χ2n) is 8.89. The van der Waals surface area contributed by atoms with E-state index in [0.29, 0.717) is 5.69 Å². The number of likely N-dealkylation sites (tertiary alicyclic amines) is 1. The third-order valence-corrected chi connectivity index (χ3v) is 6.63. The highest BCUT2D eigenvalue weighted by atomic mass is 16.3. The van der Waals surface area contributed by atoms with Crippen LogP contribution in [0.1, 0.15) is 46.1 Å². The molecule has 1 atom stereocenters. The fourth-order valence-electron chi connectivity index (χ4n) is 4.95. The molecule has 1 N–H and O–H groups in total. The Balaban J connectivity index is 1.25. The molecule has 32 heavy (non-hydrogen) atoms. The molecular formula is C25H29N5O2. The summed E-state index contributed by atoms with van der Waals surface area (Å²) < 4.78 is 1.84. The molecule has 1 aliphatic heterocycles. The Morgan fingerprint density at radius 1 is 1.19 bits per heavy atom. The molecule has 0 radical (unpaired) electrons. The van der Waals surface area contributed by atoms with Crippen molar-refractivity contribution < 1.29 is 9.90 Å². The number of carbonyl (C=O) groups is 1. The van der Waals surface area contributed by atoms with Crippen molar-refractivity contribution in [2.45, 2.75) is 31.8 Å². The van der Waals surface area contributed by atoms with Crippen molar-refractivity contribution in [1.82, 2.24) is 24.8 Å². The number of amides is 1. The maximum Gasteiger partial charge on any atom is 0.275 e. The Hall–Kier alpha value is -3.03. The van der Waals surface area contributed by atoms with Gasteiger partial charge in [0.2, 0.25) is 0 Å². The van der Waals surface area contributed by atoms with Gasteiger partial charge in [0, 0.05) is 26.7 Å². The monoisotopic (exact) mass is 431 g/mol. The average molecular weight is 432 g/mol. The summed E-state index contributed by atoms with van der Waals surface area (Å²) in [5, 5.41) is 17.4. The number of aliphatic hydroxyl groups excluding tert-OH is 1. The topological polar surface area (TPSA) is 74.5 Å². The Labute approximate surface area is 188 Å². The maximum atomic E-state index is 12.4. The second kappa shape index (κ2) is 8.84. The lowest BCUT2D eigenvalue weighted by Crippen LogP contribution is -2.36. The van der Waals surface area contributed by atoms with Crippen LogP contribution in [0.4, 0.5) is 0 Å². The summed E-state index contributed by atoms with van der Waals surface area (Å²) in [4.78, 5) is 16.3. The zero-order chi connectivity index (χ0) is 22.1. The van der Waals surface area contributed by atoms with Gasteiger partial charge in [-0.1, -0.05) is 47.7 Å². The first-order valence-electron chi connectivity index (χ1n) is 11.3. The Morgan fingerprint density at radius 2 is 2.03 bits per heavy atom. The molecule has 0 saturated carbocycles. The smallest absolute Gasteiger partial charge is 0.275 e. The summed E-state index contributed by atoms with van der Waals surface area (Å²) in [6.45, 7) is 3.09. The van der Waals surface area contributed by atoms with Crippen LogP contribution >= 0.6 is 0 Å². The molecule has 2 heterocycles. The summed E-state index contributed by atoms with van der Waals surface area (Å²) >= 11 is 0. The minimum atomic E-state index is -0.211. The van der Waals surface area contributed by atoms with E-state index in [-0.39, 0.29) is 25.1 Å². The predicted molar refractivity (Wildman–Crippen MR) is 122 cm³/mol. The van der Waals surface area contributed by atoms with E-state index in [1.165, 1.54) is 32.7 Å². The number of hydrogen-bond donors (Lipinski definition) is 1. The van der Waals surface area contributed by atoms with Crippen molar-refractivity contribution >= 4 is 5.91 Å². The molecule has 1 unspecified atom stereocenters. The van der Waals surface area contributed by atoms with E-state index in [1.54, 1.807) is 13.2 Å². The Kier molecular flexibility index (Phi) is 5.76. The minimum Gasteiger partial charge on any atom is -0.395 e. The van der Waals surface area contributed by atoms with Gasteiger partial charge in [0.05, 0.1) is 18.8 Å². The van der Waals surface area contributed by atoms with Gasteiger partial charge >= 0.3 is 0 Å². The predicted octanol–water partition coefficient (Wildman–Crippen LogP) is 2.75. The first-order valence-corrected chi connectivity index (χ1v) is 11.3. The van der Waals surface area contributed by atoms with Crippen molar-refractivity contribution in [2.24, 2.45) is 0 Å². The standard InChI is InChI=1S/C25H29N5O2/c1-28(11-12-31)25(32)24-17-30(27-26-24)21-6-4-10-29(16-21)15-18-8-9-23-20(13-18)14-19-5-2-3-7-22(19)23/h2-3,5,7-9,13,17,21,31H,4,6,10-12,14-16H2,1H3. The molecule has 7 heteroatoms. The molecule has 1 saturated heterocycles. The van der Waals surface area contributed by atoms with Gasteiger partial charge in [-0.05, 0) is 53.6 Å². The van der Waals surface area contributed by atoms with Gasteiger partial charge in [-0.3, -0.25) is 9.69 Å². The van der Waals surface area contributed by atoms with Gasteiger partial charge in [-0.2, -0.15) is 0 Å². The van der Waals surface area contributed by atoms with Crippen molar-refractivity contribution in [2.75, 3.05) is 33.3 Å². The highest BCUT2D eigenvalue weighted by molar-refractivity contribution is 5.91. The summed E-state index contributed by atoms with van der Waals surface area (Å²) in [5.74, 6) is -0.211. The van der Waals surface area contributed by atoms with Crippen molar-refractivity contribution in [1.29, 1.82) is 0 Å². The number of aliphatic hydroxyl groups is 1. The van der Waals surface area contributed by atoms with Crippen LogP contribution in [0.15, 0.2) is 48.7 Å². The van der Waals surface area contributed by atoms with Crippen LogP contribution in [0.2, 0.25) is 0 Å². The molecule has 166 valence electrons. The van der Waals surface area contributed by atoms with Crippen molar-refractivity contribution in [3.63, 3.8) is 0 Å². The van der Waals surface area contributed by atoms with E-state index in [4.69, 9.17) is 5.11 Å². The molecule has 1 aromatic heterocycles. The van der Waals surface area contributed by atoms with Crippen LogP contribution in [0.25, 0.3) is 11.1 Å². The van der Waals surface area contributed by atoms with Crippen LogP contribution in [-0.4, -0.2) is 69.1 Å². The highest BCUT2D eigenvalue weighted by Gasteiger charge is 2.25. The maximum absolute atomic E-state index is 12.4. The Morgan fingerprint density at radius 3 is 2.91 bits per heavy atom. The molecule has 2 aliphatic rings. The molecule has 1 amide bonds. The number of fused-ring (bicyclic) bond motifs is 3. The number of hydrogen-bond acceptors (Lipinski definition) is 5. The third kappa shape index (κ3) is 4.06. The Bertz CT molecular complexity index is 1130. The lowest BCUT2D eigenvalue weighted by molar-refractivity contribution is 0.0761. The lowest BCUT2D eigenvalue weighted by Gasteiger charge is -2.32. The highest BCUT2D eigenvalue weighted by Crippen LogP contribution is 2.37. The number of nitrogens with zero attached hydrogens (tertiary/aromatic N) is 5. The molecule has 5 rings (SSSR count). The molecule has 0 spiro atoms. The van der Waals surface area contributed by atoms with E-state index in [0.717, 1.165) is 38.9 Å². The van der Waals surface area contributed by atoms with E-state index >= 15 is 0 Å². The van der Waals surface area contributed by atoms with Crippen molar-refractivity contribution in [3.05, 3.63) is 71.0 Å². The van der Waals surface area contributed by atoms with Gasteiger partial charge in [0.1, 0.15) is 0 Å². The molecule has 2 aromatic carbocycles. The second-order valence-corrected chi connectivity index (χ2v) is 8.89. The van der Waals surface area contributed by atoms with Crippen molar-refractivity contribution in [3.8, 4) is 11.1 Å². The number of carbonyl (C=O) groups excluding carboxylic acids is 1. The van der Waals surface area contributed by atoms with Crippen LogP contribution < -0.4 is 0 Å². The van der Waals surface area contributed by atoms with Crippen LogP contribution in [0, 0.1) is 0 Å². The fourth-order valence-corrected chi connectivity index (χ4v) is 4.95. The molecule has 7 nitrogen and oxygen atoms in total. The van der Waals surface area contributed by atoms with Crippen LogP contribution in [0.3, 0.4) is 0 Å². The van der Waals surface area contributed by atoms with Gasteiger partial charge in [0.25, 0.3) is 5.91 Å². The van der Waals surface area contributed by atoms with Gasteiger partial charge in [-0.25, -0.2) is 4.68 Å². The third-order valence-electron chi connectivity index (χ3n) is 6.63. The molecule has 3 aromatic rings. The first kappa shape index (κ1) is 20.8. The number of piperidine rings is 1. The quantitative estimate of drug-likeness (QED) is 0.508. The molecule has 1 aliphatic carbocycles. The summed E-state index contributed by atoms with van der Waals surface area (Å²) in [7, 11) is 1.66. The van der Waals surface area contributed by atoms with Gasteiger partial charge < -0.3 is 10.0 Å². The number of aromatic nitrogens is 3. The number of rotatable bonds is 6. The normalized spacial score (nSPS) is 17.8. The SMILES string of the molecule is CN(CCO)C(=O)c1cn(C2CCCN(Cc3ccc4c(c3)Cc3ccccc3-4)C2)nn1. The van der Waals surface area contributed by atoms with Crippen LogP contribution in [0.5, 0.6) is 0 Å². The van der Waals surface area contributed by atoms with Gasteiger partial charge in [-0.15, -0.1) is 5.10 Å². The first-order chi connectivity index (χ1) is 15.6. The largest absolute Gasteiger partial charge is 0.395 e. The summed E-state index contributed by atoms with van der Waals surface area (Å²) in [6.07, 6.45) is 4.88. The van der Waals surface area contributed by atoms with E-state index < -0.39 is 0 Å². The minimum absolute atomic E-state index is 0.0667. The zero-order valence-electron chi connectivity index (χ0n) is 18.4. The zero-order valence-corrected chi connectivity index (χ0v) is 18.4. The summed E-state index contributed by atoms with van der Waals surface area (Å²) in [6, 6.07) is 15.8. The molecule has 1 fully saturated rings. The number of benzene rings is 2. The average Bonchev–Trinajstić information content (AvgIpc) is 3.44. The van der Waals surface area contributed by atoms with Crippen LogP contribution in [-0.2, 0) is 13.0 Å². The van der Waals surface area contributed by atoms with E-state index in [9.17, 15) is 4.79 Å². The molecular weight excluding hydrogens is 402 g/mol. The summed E-state index contributed by atoms with van der Waals surface area (Å²) in [5.41, 5.74) is 7.25. The van der Waals surface area contributed by atoms with E-state index in [2.05, 4.69) is 57.7 Å². The number of likely N-dealkylation sites (N-methyl/N-ethyl adjacent to an activating group) is 1. The van der Waals surface area contributed by atoms with E-state index in [1.807, 2.05) is 4.68 Å². The fraction of sp³-hybridized carbons (Fsp3) is 0.400.